The van der Waals surface area contributed by atoms with Gasteiger partial charge in [-0.2, -0.15) is 0 Å². The van der Waals surface area contributed by atoms with E-state index in [1.54, 1.807) is 0 Å². The van der Waals surface area contributed by atoms with Gasteiger partial charge < -0.3 is 16.2 Å². The predicted molar refractivity (Wildman–Crippen MR) is 64.4 cm³/mol. The Morgan fingerprint density at radius 2 is 2.18 bits per heavy atom. The molecule has 3 atom stereocenters. The first-order chi connectivity index (χ1) is 8.02. The van der Waals surface area contributed by atoms with Gasteiger partial charge in [0.05, 0.1) is 5.92 Å². The molecule has 0 aromatic carbocycles. The topological polar surface area (TPSA) is 92.4 Å². The average Bonchev–Trinajstić information content (AvgIpc) is 2.28. The molecule has 5 heteroatoms. The Labute approximate surface area is 102 Å². The number of amides is 1. The number of nitrogens with two attached hydrogens (primary N) is 1. The summed E-state index contributed by atoms with van der Waals surface area (Å²) in [5.41, 5.74) is 5.70. The van der Waals surface area contributed by atoms with Gasteiger partial charge in [0.2, 0.25) is 5.91 Å². The van der Waals surface area contributed by atoms with E-state index in [9.17, 15) is 9.59 Å². The van der Waals surface area contributed by atoms with E-state index in [2.05, 4.69) is 5.32 Å². The molecule has 0 aromatic rings. The molecule has 0 bridgehead atoms. The molecule has 3 unspecified atom stereocenters. The van der Waals surface area contributed by atoms with Gasteiger partial charge in [0.15, 0.2) is 0 Å². The fourth-order valence-corrected chi connectivity index (χ4v) is 2.21. The Morgan fingerprint density at radius 1 is 1.47 bits per heavy atom. The van der Waals surface area contributed by atoms with Crippen molar-refractivity contribution in [2.75, 3.05) is 0 Å². The van der Waals surface area contributed by atoms with Crippen LogP contribution in [0.4, 0.5) is 0 Å². The smallest absolute Gasteiger partial charge is 0.306 e. The lowest BCUT2D eigenvalue weighted by atomic mass is 9.85. The third-order valence-electron chi connectivity index (χ3n) is 3.36. The molecule has 0 saturated heterocycles. The van der Waals surface area contributed by atoms with Crippen molar-refractivity contribution < 1.29 is 14.7 Å². The summed E-state index contributed by atoms with van der Waals surface area (Å²) >= 11 is 0. The molecule has 5 nitrogen and oxygen atoms in total. The van der Waals surface area contributed by atoms with Gasteiger partial charge >= 0.3 is 5.97 Å². The minimum atomic E-state index is -0.755. The van der Waals surface area contributed by atoms with E-state index in [-0.39, 0.29) is 23.9 Å². The lowest BCUT2D eigenvalue weighted by Crippen LogP contribution is -2.41. The van der Waals surface area contributed by atoms with Crippen LogP contribution in [-0.4, -0.2) is 29.1 Å². The largest absolute Gasteiger partial charge is 0.481 e. The van der Waals surface area contributed by atoms with Crippen molar-refractivity contribution in [1.82, 2.24) is 5.32 Å². The van der Waals surface area contributed by atoms with Gasteiger partial charge in [-0.1, -0.05) is 13.3 Å². The molecule has 0 aromatic heterocycles. The summed E-state index contributed by atoms with van der Waals surface area (Å²) in [7, 11) is 0. The Balaban J connectivity index is 2.35. The lowest BCUT2D eigenvalue weighted by Gasteiger charge is -2.27. The number of carboxylic acids is 1. The summed E-state index contributed by atoms with van der Waals surface area (Å²) in [4.78, 5) is 22.5. The number of nitrogens with one attached hydrogen (secondary N) is 1. The van der Waals surface area contributed by atoms with Gasteiger partial charge in [-0.15, -0.1) is 0 Å². The molecular formula is C12H22N2O3. The zero-order valence-electron chi connectivity index (χ0n) is 10.3. The fraction of sp³-hybridized carbons (Fsp3) is 0.833. The third-order valence-corrected chi connectivity index (χ3v) is 3.36. The summed E-state index contributed by atoms with van der Waals surface area (Å²) in [6.45, 7) is 1.94. The van der Waals surface area contributed by atoms with E-state index in [4.69, 9.17) is 10.8 Å². The van der Waals surface area contributed by atoms with E-state index in [0.717, 1.165) is 25.7 Å². The maximum Gasteiger partial charge on any atom is 0.306 e. The first kappa shape index (κ1) is 14.0. The van der Waals surface area contributed by atoms with E-state index < -0.39 is 5.97 Å². The molecule has 0 aliphatic heterocycles. The van der Waals surface area contributed by atoms with Crippen molar-refractivity contribution in [3.05, 3.63) is 0 Å². The molecule has 1 fully saturated rings. The summed E-state index contributed by atoms with van der Waals surface area (Å²) in [6, 6.07) is -0.102. The number of carbonyl (C=O) groups is 2. The van der Waals surface area contributed by atoms with Crippen LogP contribution < -0.4 is 11.1 Å². The number of carboxylic acid groups (broad SMARTS) is 1. The Kier molecular flexibility index (Phi) is 5.41. The second kappa shape index (κ2) is 6.59. The Morgan fingerprint density at radius 3 is 2.76 bits per heavy atom. The molecule has 1 saturated carbocycles. The van der Waals surface area contributed by atoms with Crippen LogP contribution in [0.15, 0.2) is 0 Å². The van der Waals surface area contributed by atoms with Crippen molar-refractivity contribution in [3.8, 4) is 0 Å². The van der Waals surface area contributed by atoms with Crippen LogP contribution in [0.5, 0.6) is 0 Å². The highest BCUT2D eigenvalue weighted by atomic mass is 16.4. The van der Waals surface area contributed by atoms with Crippen molar-refractivity contribution in [2.24, 2.45) is 11.7 Å². The second-order valence-corrected chi connectivity index (χ2v) is 4.84. The zero-order valence-corrected chi connectivity index (χ0v) is 10.3. The average molecular weight is 242 g/mol. The van der Waals surface area contributed by atoms with Gasteiger partial charge in [-0.25, -0.2) is 0 Å². The van der Waals surface area contributed by atoms with Crippen LogP contribution in [-0.2, 0) is 9.59 Å². The third kappa shape index (κ3) is 4.73. The van der Waals surface area contributed by atoms with Crippen LogP contribution in [0.1, 0.15) is 45.4 Å². The SMILES string of the molecule is CCC(N)CC(=O)NC1CCCC(C(=O)O)C1. The maximum absolute atomic E-state index is 11.6. The van der Waals surface area contributed by atoms with Crippen LogP contribution in [0.3, 0.4) is 0 Å². The summed E-state index contributed by atoms with van der Waals surface area (Å²) in [5.74, 6) is -1.13. The minimum Gasteiger partial charge on any atom is -0.481 e. The maximum atomic E-state index is 11.6. The van der Waals surface area contributed by atoms with E-state index in [0.29, 0.717) is 12.8 Å². The molecule has 1 aliphatic rings. The summed E-state index contributed by atoms with van der Waals surface area (Å²) in [5, 5.41) is 11.8. The summed E-state index contributed by atoms with van der Waals surface area (Å²) in [6.07, 6.45) is 4.10. The van der Waals surface area contributed by atoms with Gasteiger partial charge in [0.1, 0.15) is 0 Å². The number of hydrogen-bond donors (Lipinski definition) is 3. The predicted octanol–water partition coefficient (Wildman–Crippen LogP) is 0.873. The quantitative estimate of drug-likeness (QED) is 0.667. The first-order valence-corrected chi connectivity index (χ1v) is 6.30. The van der Waals surface area contributed by atoms with Crippen LogP contribution in [0.2, 0.25) is 0 Å². The normalized spacial score (nSPS) is 26.2. The molecule has 1 rings (SSSR count). The van der Waals surface area contributed by atoms with E-state index in [1.165, 1.54) is 0 Å². The van der Waals surface area contributed by atoms with Gasteiger partial charge in [-0.05, 0) is 25.7 Å². The van der Waals surface area contributed by atoms with E-state index >= 15 is 0 Å². The first-order valence-electron chi connectivity index (χ1n) is 6.30. The van der Waals surface area contributed by atoms with E-state index in [1.807, 2.05) is 6.92 Å². The van der Waals surface area contributed by atoms with Gasteiger partial charge in [0, 0.05) is 18.5 Å². The number of aliphatic carboxylic acids is 1. The number of rotatable bonds is 5. The number of carbonyl (C=O) groups excluding carboxylic acids is 1. The standard InChI is InChI=1S/C12H22N2O3/c1-2-9(13)7-11(15)14-10-5-3-4-8(6-10)12(16)17/h8-10H,2-7,13H2,1H3,(H,14,15)(H,16,17). The summed E-state index contributed by atoms with van der Waals surface area (Å²) < 4.78 is 0. The van der Waals surface area contributed by atoms with Crippen LogP contribution in [0, 0.1) is 5.92 Å². The Bertz CT molecular complexity index is 281. The molecule has 0 spiro atoms. The monoisotopic (exact) mass is 242 g/mol. The zero-order chi connectivity index (χ0) is 12.8. The van der Waals surface area contributed by atoms with Gasteiger partial charge in [-0.3, -0.25) is 9.59 Å². The van der Waals surface area contributed by atoms with Crippen LogP contribution >= 0.6 is 0 Å². The molecule has 1 aliphatic carbocycles. The molecule has 1 amide bonds. The lowest BCUT2D eigenvalue weighted by molar-refractivity contribution is -0.143. The molecule has 0 radical (unpaired) electrons. The second-order valence-electron chi connectivity index (χ2n) is 4.84. The van der Waals surface area contributed by atoms with Crippen LogP contribution in [0.25, 0.3) is 0 Å². The highest BCUT2D eigenvalue weighted by Crippen LogP contribution is 2.24. The minimum absolute atomic E-state index is 0.00130. The van der Waals surface area contributed by atoms with Crippen molar-refractivity contribution in [3.63, 3.8) is 0 Å². The van der Waals surface area contributed by atoms with Gasteiger partial charge in [0.25, 0.3) is 0 Å². The van der Waals surface area contributed by atoms with Crippen molar-refractivity contribution >= 4 is 11.9 Å². The fourth-order valence-electron chi connectivity index (χ4n) is 2.21. The Hall–Kier alpha value is -1.10. The molecule has 98 valence electrons. The molecule has 0 heterocycles. The van der Waals surface area contributed by atoms with Crippen molar-refractivity contribution in [2.45, 2.75) is 57.5 Å². The highest BCUT2D eigenvalue weighted by molar-refractivity contribution is 5.77. The molecule has 17 heavy (non-hydrogen) atoms. The highest BCUT2D eigenvalue weighted by Gasteiger charge is 2.27. The van der Waals surface area contributed by atoms with Crippen molar-refractivity contribution in [1.29, 1.82) is 0 Å². The molecule has 4 N–H and O–H groups in total. The number of hydrogen-bond acceptors (Lipinski definition) is 3. The molecular weight excluding hydrogens is 220 g/mol.